The van der Waals surface area contributed by atoms with Crippen LogP contribution in [0.1, 0.15) is 37.0 Å². The first kappa shape index (κ1) is 18.2. The lowest BCUT2D eigenvalue weighted by Gasteiger charge is -2.12. The Morgan fingerprint density at radius 2 is 1.64 bits per heavy atom. The normalized spacial score (nSPS) is 10.0. The van der Waals surface area contributed by atoms with E-state index < -0.39 is 11.9 Å². The Hall–Kier alpha value is -3.15. The van der Waals surface area contributed by atoms with Crippen molar-refractivity contribution >= 4 is 23.5 Å². The number of para-hydroxylation sites is 1. The highest BCUT2D eigenvalue weighted by Gasteiger charge is 2.18. The van der Waals surface area contributed by atoms with Gasteiger partial charge in [0, 0.05) is 24.6 Å². The van der Waals surface area contributed by atoms with E-state index in [1.807, 2.05) is 0 Å². The Morgan fingerprint density at radius 1 is 0.920 bits per heavy atom. The maximum atomic E-state index is 12.4. The van der Waals surface area contributed by atoms with Gasteiger partial charge in [-0.1, -0.05) is 32.0 Å². The number of rotatable bonds is 6. The van der Waals surface area contributed by atoms with E-state index in [1.54, 1.807) is 50.2 Å². The summed E-state index contributed by atoms with van der Waals surface area (Å²) in [5.41, 5.74) is 0.530. The maximum absolute atomic E-state index is 12.4. The Bertz CT molecular complexity index is 771. The van der Waals surface area contributed by atoms with Gasteiger partial charge in [-0.2, -0.15) is 0 Å². The van der Waals surface area contributed by atoms with Crippen LogP contribution in [0.2, 0.25) is 0 Å². The maximum Gasteiger partial charge on any atom is 0.347 e. The average Bonchev–Trinajstić information content (AvgIpc) is 2.62. The highest BCUT2D eigenvalue weighted by Crippen LogP contribution is 2.26. The molecule has 1 amide bonds. The number of esters is 2. The van der Waals surface area contributed by atoms with Crippen molar-refractivity contribution in [3.05, 3.63) is 54.1 Å². The molecule has 0 saturated heterocycles. The second-order valence-corrected chi connectivity index (χ2v) is 5.14. The molecule has 0 bridgehead atoms. The van der Waals surface area contributed by atoms with Gasteiger partial charge in [0.2, 0.25) is 5.91 Å². The first-order valence-electron chi connectivity index (χ1n) is 7.95. The van der Waals surface area contributed by atoms with Gasteiger partial charge >= 0.3 is 11.9 Å². The summed E-state index contributed by atoms with van der Waals surface area (Å²) in [5, 5.41) is 2.66. The Kier molecular flexibility index (Phi) is 6.28. The van der Waals surface area contributed by atoms with E-state index in [0.717, 1.165) is 0 Å². The lowest BCUT2D eigenvalue weighted by Crippen LogP contribution is -2.15. The topological polar surface area (TPSA) is 81.7 Å². The molecule has 0 aliphatic rings. The minimum Gasteiger partial charge on any atom is -0.426 e. The van der Waals surface area contributed by atoms with Gasteiger partial charge in [0.1, 0.15) is 17.1 Å². The molecule has 2 aromatic carbocycles. The van der Waals surface area contributed by atoms with Crippen LogP contribution in [-0.2, 0) is 9.59 Å². The molecule has 2 aromatic rings. The molecule has 130 valence electrons. The lowest BCUT2D eigenvalue weighted by atomic mass is 10.1. The first-order valence-corrected chi connectivity index (χ1v) is 7.95. The van der Waals surface area contributed by atoms with Gasteiger partial charge in [-0.3, -0.25) is 9.59 Å². The average molecular weight is 341 g/mol. The van der Waals surface area contributed by atoms with Crippen molar-refractivity contribution < 1.29 is 23.9 Å². The number of nitrogens with one attached hydrogen (secondary N) is 1. The fourth-order valence-electron chi connectivity index (χ4n) is 1.95. The number of ether oxygens (including phenoxy) is 2. The Labute approximate surface area is 145 Å². The molecule has 0 fully saturated rings. The molecule has 0 unspecified atom stereocenters. The van der Waals surface area contributed by atoms with Gasteiger partial charge in [-0.15, -0.1) is 0 Å². The number of hydrogen-bond acceptors (Lipinski definition) is 5. The molecule has 1 N–H and O–H groups in total. The lowest BCUT2D eigenvalue weighted by molar-refractivity contribution is -0.134. The molecule has 0 saturated carbocycles. The van der Waals surface area contributed by atoms with Crippen molar-refractivity contribution in [2.75, 3.05) is 5.32 Å². The summed E-state index contributed by atoms with van der Waals surface area (Å²) in [5.74, 6) is -0.913. The van der Waals surface area contributed by atoms with E-state index in [0.29, 0.717) is 17.9 Å². The molecular formula is C19H19NO5. The number of benzene rings is 2. The highest BCUT2D eigenvalue weighted by atomic mass is 16.5. The zero-order valence-corrected chi connectivity index (χ0v) is 14.1. The van der Waals surface area contributed by atoms with Crippen LogP contribution in [-0.4, -0.2) is 17.8 Å². The second kappa shape index (κ2) is 8.63. The molecule has 6 nitrogen and oxygen atoms in total. The van der Waals surface area contributed by atoms with E-state index in [9.17, 15) is 14.4 Å². The number of amides is 1. The van der Waals surface area contributed by atoms with E-state index in [2.05, 4.69) is 5.32 Å². The fraction of sp³-hybridized carbons (Fsp3) is 0.211. The van der Waals surface area contributed by atoms with Crippen LogP contribution in [0.4, 0.5) is 5.69 Å². The third-order valence-electron chi connectivity index (χ3n) is 3.27. The third-order valence-corrected chi connectivity index (χ3v) is 3.27. The number of carbonyl (C=O) groups is 3. The van der Waals surface area contributed by atoms with Crippen LogP contribution in [0.5, 0.6) is 11.5 Å². The van der Waals surface area contributed by atoms with Crippen molar-refractivity contribution in [1.82, 2.24) is 0 Å². The zero-order chi connectivity index (χ0) is 18.2. The summed E-state index contributed by atoms with van der Waals surface area (Å²) < 4.78 is 10.5. The van der Waals surface area contributed by atoms with E-state index in [4.69, 9.17) is 9.47 Å². The van der Waals surface area contributed by atoms with E-state index >= 15 is 0 Å². The Balaban J connectivity index is 2.29. The van der Waals surface area contributed by atoms with Gasteiger partial charge in [0.05, 0.1) is 0 Å². The zero-order valence-electron chi connectivity index (χ0n) is 14.1. The van der Waals surface area contributed by atoms with Crippen LogP contribution < -0.4 is 14.8 Å². The largest absolute Gasteiger partial charge is 0.426 e. The number of anilines is 1. The fourth-order valence-corrected chi connectivity index (χ4v) is 1.95. The van der Waals surface area contributed by atoms with Crippen molar-refractivity contribution in [3.8, 4) is 11.5 Å². The van der Waals surface area contributed by atoms with Crippen LogP contribution in [0, 0.1) is 0 Å². The summed E-state index contributed by atoms with van der Waals surface area (Å²) in [6.45, 7) is 3.37. The molecule has 6 heteroatoms. The van der Waals surface area contributed by atoms with E-state index in [1.165, 1.54) is 12.1 Å². The SMILES string of the molecule is CCC(=O)Nc1ccc(C(=O)Oc2ccccc2)c(OC(=O)CC)c1. The monoisotopic (exact) mass is 341 g/mol. The van der Waals surface area contributed by atoms with Gasteiger partial charge < -0.3 is 14.8 Å². The van der Waals surface area contributed by atoms with Crippen molar-refractivity contribution in [2.45, 2.75) is 26.7 Å². The van der Waals surface area contributed by atoms with Crippen LogP contribution in [0.25, 0.3) is 0 Å². The summed E-state index contributed by atoms with van der Waals surface area (Å²) in [4.78, 5) is 35.6. The molecule has 0 aliphatic heterocycles. The van der Waals surface area contributed by atoms with Crippen molar-refractivity contribution in [1.29, 1.82) is 0 Å². The summed E-state index contributed by atoms with van der Waals surface area (Å²) >= 11 is 0. The van der Waals surface area contributed by atoms with Crippen molar-refractivity contribution in [3.63, 3.8) is 0 Å². The number of hydrogen-bond donors (Lipinski definition) is 1. The number of carbonyl (C=O) groups excluding carboxylic acids is 3. The minimum absolute atomic E-state index is 0.0432. The van der Waals surface area contributed by atoms with Crippen LogP contribution in [0.15, 0.2) is 48.5 Å². The summed E-state index contributed by atoms with van der Waals surface area (Å²) in [7, 11) is 0. The minimum atomic E-state index is -0.654. The summed E-state index contributed by atoms with van der Waals surface area (Å²) in [6, 6.07) is 13.0. The molecule has 0 radical (unpaired) electrons. The highest BCUT2D eigenvalue weighted by molar-refractivity contribution is 5.97. The molecule has 0 heterocycles. The second-order valence-electron chi connectivity index (χ2n) is 5.14. The van der Waals surface area contributed by atoms with Gasteiger partial charge in [0.15, 0.2) is 0 Å². The van der Waals surface area contributed by atoms with Crippen LogP contribution >= 0.6 is 0 Å². The predicted octanol–water partition coefficient (Wildman–Crippen LogP) is 3.57. The molecule has 0 aromatic heterocycles. The smallest absolute Gasteiger partial charge is 0.347 e. The molecule has 0 aliphatic carbocycles. The molecule has 2 rings (SSSR count). The standard InChI is InChI=1S/C19H19NO5/c1-3-17(21)20-13-10-11-15(16(12-13)25-18(22)4-2)19(23)24-14-8-6-5-7-9-14/h5-12H,3-4H2,1-2H3,(H,20,21). The summed E-state index contributed by atoms with van der Waals surface area (Å²) in [6.07, 6.45) is 0.459. The first-order chi connectivity index (χ1) is 12.0. The molecule has 0 spiro atoms. The third kappa shape index (κ3) is 5.17. The molecule has 25 heavy (non-hydrogen) atoms. The molecule has 0 atom stereocenters. The van der Waals surface area contributed by atoms with Gasteiger partial charge in [-0.25, -0.2) is 4.79 Å². The van der Waals surface area contributed by atoms with Gasteiger partial charge in [-0.05, 0) is 24.3 Å². The Morgan fingerprint density at radius 3 is 2.28 bits per heavy atom. The van der Waals surface area contributed by atoms with Gasteiger partial charge in [0.25, 0.3) is 0 Å². The van der Waals surface area contributed by atoms with Crippen LogP contribution in [0.3, 0.4) is 0 Å². The molecular weight excluding hydrogens is 322 g/mol. The quantitative estimate of drug-likeness (QED) is 0.641. The van der Waals surface area contributed by atoms with Crippen molar-refractivity contribution in [2.24, 2.45) is 0 Å². The van der Waals surface area contributed by atoms with E-state index in [-0.39, 0.29) is 23.6 Å². The predicted molar refractivity (Wildman–Crippen MR) is 92.7 cm³/mol.